The van der Waals surface area contributed by atoms with Gasteiger partial charge in [-0.15, -0.1) is 0 Å². The maximum Gasteiger partial charge on any atom is 0.306 e. The summed E-state index contributed by atoms with van der Waals surface area (Å²) in [5.41, 5.74) is -0.329. The molecule has 134 valence electrons. The molecule has 1 aromatic rings. The van der Waals surface area contributed by atoms with E-state index in [-0.39, 0.29) is 22.9 Å². The Balaban J connectivity index is 2.26. The maximum atomic E-state index is 13.6. The van der Waals surface area contributed by atoms with Gasteiger partial charge in [-0.05, 0) is 18.6 Å². The molecule has 0 bridgehead atoms. The van der Waals surface area contributed by atoms with Crippen LogP contribution in [-0.2, 0) is 25.7 Å². The van der Waals surface area contributed by atoms with Gasteiger partial charge in [0.15, 0.2) is 0 Å². The highest BCUT2D eigenvalue weighted by Crippen LogP contribution is 2.20. The molecule has 4 nitrogen and oxygen atoms in total. The SMILES string of the molecule is CCCCCCOC(=O)CCC(=O)OCc1c(F)cc(Br)cc1F. The van der Waals surface area contributed by atoms with Crippen molar-refractivity contribution in [3.63, 3.8) is 0 Å². The fraction of sp³-hybridized carbons (Fsp3) is 0.529. The zero-order chi connectivity index (χ0) is 17.9. The van der Waals surface area contributed by atoms with Gasteiger partial charge in [0.05, 0.1) is 25.0 Å². The number of halogens is 3. The molecule has 0 radical (unpaired) electrons. The first-order chi connectivity index (χ1) is 11.4. The number of hydrogen-bond acceptors (Lipinski definition) is 4. The van der Waals surface area contributed by atoms with Crippen molar-refractivity contribution in [1.29, 1.82) is 0 Å². The van der Waals surface area contributed by atoms with Crippen LogP contribution in [0.5, 0.6) is 0 Å². The van der Waals surface area contributed by atoms with Crippen LogP contribution in [0.15, 0.2) is 16.6 Å². The molecule has 0 aliphatic rings. The second kappa shape index (κ2) is 11.1. The highest BCUT2D eigenvalue weighted by molar-refractivity contribution is 9.10. The Kier molecular flexibility index (Phi) is 9.52. The number of carbonyl (C=O) groups excluding carboxylic acids is 2. The molecule has 1 aromatic carbocycles. The minimum Gasteiger partial charge on any atom is -0.466 e. The molecule has 0 atom stereocenters. The van der Waals surface area contributed by atoms with Crippen LogP contribution in [0.1, 0.15) is 51.0 Å². The van der Waals surface area contributed by atoms with Crippen LogP contribution in [0.2, 0.25) is 0 Å². The first kappa shape index (κ1) is 20.5. The monoisotopic (exact) mass is 406 g/mol. The Labute approximate surface area is 148 Å². The molecule has 7 heteroatoms. The average molecular weight is 407 g/mol. The molecule has 0 heterocycles. The maximum absolute atomic E-state index is 13.6. The van der Waals surface area contributed by atoms with E-state index in [0.29, 0.717) is 6.61 Å². The molecule has 0 saturated carbocycles. The number of rotatable bonds is 10. The summed E-state index contributed by atoms with van der Waals surface area (Å²) in [4.78, 5) is 23.0. The number of hydrogen-bond donors (Lipinski definition) is 0. The predicted molar refractivity (Wildman–Crippen MR) is 88.2 cm³/mol. The summed E-state index contributed by atoms with van der Waals surface area (Å²) < 4.78 is 37.2. The van der Waals surface area contributed by atoms with Crippen molar-refractivity contribution in [2.45, 2.75) is 52.1 Å². The Morgan fingerprint density at radius 1 is 1.00 bits per heavy atom. The van der Waals surface area contributed by atoms with E-state index in [9.17, 15) is 18.4 Å². The molecule has 0 aliphatic carbocycles. The predicted octanol–water partition coefficient (Wildman–Crippen LogP) is 4.67. The molecule has 0 fully saturated rings. The topological polar surface area (TPSA) is 52.6 Å². The second-order valence-electron chi connectivity index (χ2n) is 5.29. The van der Waals surface area contributed by atoms with Crippen molar-refractivity contribution < 1.29 is 27.8 Å². The average Bonchev–Trinajstić information content (AvgIpc) is 2.51. The van der Waals surface area contributed by atoms with Crippen molar-refractivity contribution in [3.05, 3.63) is 33.8 Å². The molecule has 0 spiro atoms. The first-order valence-electron chi connectivity index (χ1n) is 7.88. The fourth-order valence-electron chi connectivity index (χ4n) is 1.93. The summed E-state index contributed by atoms with van der Waals surface area (Å²) >= 11 is 2.96. The van der Waals surface area contributed by atoms with Gasteiger partial charge in [0.25, 0.3) is 0 Å². The number of carbonyl (C=O) groups is 2. The zero-order valence-electron chi connectivity index (χ0n) is 13.6. The lowest BCUT2D eigenvalue weighted by molar-refractivity contribution is -0.151. The van der Waals surface area contributed by atoms with E-state index < -0.39 is 30.2 Å². The van der Waals surface area contributed by atoms with Crippen molar-refractivity contribution in [2.75, 3.05) is 6.61 Å². The van der Waals surface area contributed by atoms with E-state index >= 15 is 0 Å². The van der Waals surface area contributed by atoms with Crippen molar-refractivity contribution in [1.82, 2.24) is 0 Å². The van der Waals surface area contributed by atoms with Crippen LogP contribution in [-0.4, -0.2) is 18.5 Å². The van der Waals surface area contributed by atoms with Crippen LogP contribution in [0.4, 0.5) is 8.78 Å². The zero-order valence-corrected chi connectivity index (χ0v) is 15.2. The Hall–Kier alpha value is -1.50. The lowest BCUT2D eigenvalue weighted by Crippen LogP contribution is -2.11. The summed E-state index contributed by atoms with van der Waals surface area (Å²) in [6.07, 6.45) is 3.68. The van der Waals surface area contributed by atoms with Gasteiger partial charge in [-0.25, -0.2) is 8.78 Å². The van der Waals surface area contributed by atoms with E-state index in [2.05, 4.69) is 22.9 Å². The van der Waals surface area contributed by atoms with Crippen LogP contribution in [0, 0.1) is 11.6 Å². The molecular formula is C17H21BrF2O4. The van der Waals surface area contributed by atoms with Crippen molar-refractivity contribution in [3.8, 4) is 0 Å². The Morgan fingerprint density at radius 2 is 1.58 bits per heavy atom. The van der Waals surface area contributed by atoms with Crippen LogP contribution in [0.3, 0.4) is 0 Å². The third-order valence-electron chi connectivity index (χ3n) is 3.28. The summed E-state index contributed by atoms with van der Waals surface area (Å²) in [5, 5.41) is 0. The van der Waals surface area contributed by atoms with Gasteiger partial charge in [-0.2, -0.15) is 0 Å². The normalized spacial score (nSPS) is 10.5. The van der Waals surface area contributed by atoms with Crippen LogP contribution >= 0.6 is 15.9 Å². The third-order valence-corrected chi connectivity index (χ3v) is 3.74. The van der Waals surface area contributed by atoms with Gasteiger partial charge in [0.1, 0.15) is 18.2 Å². The third kappa shape index (κ3) is 7.86. The van der Waals surface area contributed by atoms with E-state index in [1.807, 2.05) is 0 Å². The summed E-state index contributed by atoms with van der Waals surface area (Å²) in [6.45, 7) is 1.91. The number of ether oxygens (including phenoxy) is 2. The first-order valence-corrected chi connectivity index (χ1v) is 8.68. The largest absolute Gasteiger partial charge is 0.466 e. The molecule has 1 rings (SSSR count). The number of esters is 2. The van der Waals surface area contributed by atoms with E-state index in [0.717, 1.165) is 37.8 Å². The molecule has 0 saturated heterocycles. The van der Waals surface area contributed by atoms with Gasteiger partial charge >= 0.3 is 11.9 Å². The summed E-state index contributed by atoms with van der Waals surface area (Å²) in [5.74, 6) is -2.80. The van der Waals surface area contributed by atoms with E-state index in [1.54, 1.807) is 0 Å². The standard InChI is InChI=1S/C17H21BrF2O4/c1-2-3-4-5-8-23-16(21)6-7-17(22)24-11-13-14(19)9-12(18)10-15(13)20/h9-10H,2-8,11H2,1H3. The quantitative estimate of drug-likeness (QED) is 0.418. The highest BCUT2D eigenvalue weighted by Gasteiger charge is 2.14. The Morgan fingerprint density at radius 3 is 2.17 bits per heavy atom. The molecular weight excluding hydrogens is 386 g/mol. The van der Waals surface area contributed by atoms with Gasteiger partial charge < -0.3 is 9.47 Å². The van der Waals surface area contributed by atoms with Crippen molar-refractivity contribution in [2.24, 2.45) is 0 Å². The van der Waals surface area contributed by atoms with E-state index in [1.165, 1.54) is 0 Å². The van der Waals surface area contributed by atoms with Crippen LogP contribution < -0.4 is 0 Å². The number of benzene rings is 1. The molecule has 0 N–H and O–H groups in total. The summed E-state index contributed by atoms with van der Waals surface area (Å²) in [6, 6.07) is 2.17. The molecule has 24 heavy (non-hydrogen) atoms. The lowest BCUT2D eigenvalue weighted by Gasteiger charge is -2.08. The fourth-order valence-corrected chi connectivity index (χ4v) is 2.33. The molecule has 0 aliphatic heterocycles. The van der Waals surface area contributed by atoms with Gasteiger partial charge in [-0.1, -0.05) is 42.1 Å². The van der Waals surface area contributed by atoms with Gasteiger partial charge in [0, 0.05) is 4.47 Å². The minimum atomic E-state index is -0.804. The van der Waals surface area contributed by atoms with E-state index in [4.69, 9.17) is 9.47 Å². The van der Waals surface area contributed by atoms with Gasteiger partial charge in [-0.3, -0.25) is 9.59 Å². The van der Waals surface area contributed by atoms with Gasteiger partial charge in [0.2, 0.25) is 0 Å². The second-order valence-corrected chi connectivity index (χ2v) is 6.21. The molecule has 0 aromatic heterocycles. The lowest BCUT2D eigenvalue weighted by atomic mass is 10.2. The Bertz CT molecular complexity index is 541. The minimum absolute atomic E-state index is 0.113. The van der Waals surface area contributed by atoms with Crippen molar-refractivity contribution >= 4 is 27.9 Å². The molecule has 0 amide bonds. The number of unbranched alkanes of at least 4 members (excludes halogenated alkanes) is 3. The summed E-state index contributed by atoms with van der Waals surface area (Å²) in [7, 11) is 0. The smallest absolute Gasteiger partial charge is 0.306 e. The highest BCUT2D eigenvalue weighted by atomic mass is 79.9. The molecule has 0 unspecified atom stereocenters. The van der Waals surface area contributed by atoms with Crippen LogP contribution in [0.25, 0.3) is 0 Å².